The van der Waals surface area contributed by atoms with Crippen LogP contribution in [0.2, 0.25) is 0 Å². The molecule has 1 atom stereocenters. The molecule has 0 radical (unpaired) electrons. The Balaban J connectivity index is 1.72. The van der Waals surface area contributed by atoms with Gasteiger partial charge < -0.3 is 9.64 Å². The van der Waals surface area contributed by atoms with Crippen molar-refractivity contribution in [3.8, 4) is 0 Å². The average Bonchev–Trinajstić information content (AvgIpc) is 2.78. The first kappa shape index (κ1) is 9.71. The number of ether oxygens (including phenoxy) is 1. The minimum Gasteiger partial charge on any atom is -0.374 e. The number of carbonyl (C=O) groups excluding carboxylic acids is 1. The molecule has 2 aliphatic heterocycles. The molecule has 3 nitrogen and oxygen atoms in total. The minimum atomic E-state index is 0.294. The van der Waals surface area contributed by atoms with E-state index in [0.29, 0.717) is 12.0 Å². The van der Waals surface area contributed by atoms with Gasteiger partial charge in [-0.3, -0.25) is 4.79 Å². The van der Waals surface area contributed by atoms with E-state index in [9.17, 15) is 4.79 Å². The summed E-state index contributed by atoms with van der Waals surface area (Å²) in [6.45, 7) is 2.57. The molecule has 1 amide bonds. The molecule has 0 aromatic heterocycles. The Kier molecular flexibility index (Phi) is 3.19. The first-order valence-corrected chi connectivity index (χ1v) is 5.42. The Morgan fingerprint density at radius 3 is 3.07 bits per heavy atom. The monoisotopic (exact) mass is 195 g/mol. The molecule has 2 heterocycles. The minimum absolute atomic E-state index is 0.294. The number of likely N-dealkylation sites (tertiary alicyclic amines) is 1. The fourth-order valence-electron chi connectivity index (χ4n) is 1.99. The second-order valence-electron chi connectivity index (χ2n) is 3.92. The quantitative estimate of drug-likeness (QED) is 0.636. The van der Waals surface area contributed by atoms with Gasteiger partial charge in [0.25, 0.3) is 0 Å². The smallest absolute Gasteiger partial charge is 0.222 e. The standard InChI is InChI=1S/C11H17NO2/c13-11-6-2-8-12(11)7-1-4-10-5-3-9-14-10/h1,4,10H,2-3,5-9H2/b4-1+. The molecule has 0 bridgehead atoms. The lowest BCUT2D eigenvalue weighted by atomic mass is 10.2. The van der Waals surface area contributed by atoms with E-state index >= 15 is 0 Å². The summed E-state index contributed by atoms with van der Waals surface area (Å²) in [4.78, 5) is 13.2. The van der Waals surface area contributed by atoms with Crippen molar-refractivity contribution in [2.45, 2.75) is 31.8 Å². The molecule has 0 spiro atoms. The largest absolute Gasteiger partial charge is 0.374 e. The predicted molar refractivity (Wildman–Crippen MR) is 53.9 cm³/mol. The topological polar surface area (TPSA) is 29.5 Å². The number of rotatable bonds is 3. The van der Waals surface area contributed by atoms with E-state index in [1.165, 1.54) is 0 Å². The SMILES string of the molecule is O=C1CCCN1C/C=C/C1CCCO1. The third-order valence-corrected chi connectivity index (χ3v) is 2.81. The molecule has 2 aliphatic rings. The summed E-state index contributed by atoms with van der Waals surface area (Å²) in [5.74, 6) is 0.294. The normalized spacial score (nSPS) is 28.1. The maximum absolute atomic E-state index is 11.3. The van der Waals surface area contributed by atoms with Crippen molar-refractivity contribution in [3.05, 3.63) is 12.2 Å². The molecule has 0 aliphatic carbocycles. The van der Waals surface area contributed by atoms with Gasteiger partial charge in [0.2, 0.25) is 5.91 Å². The highest BCUT2D eigenvalue weighted by Gasteiger charge is 2.18. The van der Waals surface area contributed by atoms with Crippen LogP contribution in [0.3, 0.4) is 0 Å². The van der Waals surface area contributed by atoms with Crippen LogP contribution in [0.5, 0.6) is 0 Å². The van der Waals surface area contributed by atoms with Crippen LogP contribution in [0.15, 0.2) is 12.2 Å². The van der Waals surface area contributed by atoms with Crippen LogP contribution in [0, 0.1) is 0 Å². The molecule has 0 N–H and O–H groups in total. The molecule has 1 unspecified atom stereocenters. The number of nitrogens with zero attached hydrogens (tertiary/aromatic N) is 1. The lowest BCUT2D eigenvalue weighted by molar-refractivity contribution is -0.127. The number of hydrogen-bond acceptors (Lipinski definition) is 2. The molecule has 78 valence electrons. The Hall–Kier alpha value is -0.830. The van der Waals surface area contributed by atoms with E-state index in [1.54, 1.807) is 0 Å². The van der Waals surface area contributed by atoms with Crippen LogP contribution in [0.25, 0.3) is 0 Å². The Bertz CT molecular complexity index is 231. The van der Waals surface area contributed by atoms with Gasteiger partial charge in [-0.1, -0.05) is 12.2 Å². The van der Waals surface area contributed by atoms with Crippen molar-refractivity contribution in [1.82, 2.24) is 4.90 Å². The van der Waals surface area contributed by atoms with E-state index < -0.39 is 0 Å². The summed E-state index contributed by atoms with van der Waals surface area (Å²) in [6, 6.07) is 0. The summed E-state index contributed by atoms with van der Waals surface area (Å²) >= 11 is 0. The van der Waals surface area contributed by atoms with Crippen molar-refractivity contribution < 1.29 is 9.53 Å². The van der Waals surface area contributed by atoms with Crippen molar-refractivity contribution >= 4 is 5.91 Å². The second kappa shape index (κ2) is 4.60. The van der Waals surface area contributed by atoms with Gasteiger partial charge in [-0.2, -0.15) is 0 Å². The van der Waals surface area contributed by atoms with Gasteiger partial charge >= 0.3 is 0 Å². The van der Waals surface area contributed by atoms with E-state index in [4.69, 9.17) is 4.74 Å². The van der Waals surface area contributed by atoms with Crippen molar-refractivity contribution in [3.63, 3.8) is 0 Å². The lowest BCUT2D eigenvalue weighted by Gasteiger charge is -2.12. The zero-order valence-electron chi connectivity index (χ0n) is 8.45. The lowest BCUT2D eigenvalue weighted by Crippen LogP contribution is -2.24. The molecule has 0 saturated carbocycles. The fourth-order valence-corrected chi connectivity index (χ4v) is 1.99. The Morgan fingerprint density at radius 2 is 2.43 bits per heavy atom. The third kappa shape index (κ3) is 2.35. The van der Waals surface area contributed by atoms with E-state index in [-0.39, 0.29) is 0 Å². The maximum Gasteiger partial charge on any atom is 0.222 e. The molecule has 0 aromatic rings. The first-order valence-electron chi connectivity index (χ1n) is 5.42. The first-order chi connectivity index (χ1) is 6.86. The zero-order chi connectivity index (χ0) is 9.80. The number of hydrogen-bond donors (Lipinski definition) is 0. The average molecular weight is 195 g/mol. The summed E-state index contributed by atoms with van der Waals surface area (Å²) in [5.41, 5.74) is 0. The van der Waals surface area contributed by atoms with Gasteiger partial charge in [-0.15, -0.1) is 0 Å². The van der Waals surface area contributed by atoms with Gasteiger partial charge in [0.15, 0.2) is 0 Å². The molecule has 14 heavy (non-hydrogen) atoms. The van der Waals surface area contributed by atoms with E-state index in [2.05, 4.69) is 12.2 Å². The van der Waals surface area contributed by atoms with Crippen LogP contribution in [0.4, 0.5) is 0 Å². The van der Waals surface area contributed by atoms with E-state index in [1.807, 2.05) is 4.90 Å². The van der Waals surface area contributed by atoms with Crippen LogP contribution >= 0.6 is 0 Å². The highest BCUT2D eigenvalue weighted by molar-refractivity contribution is 5.78. The fraction of sp³-hybridized carbons (Fsp3) is 0.727. The second-order valence-corrected chi connectivity index (χ2v) is 3.92. The van der Waals surface area contributed by atoms with Crippen LogP contribution in [-0.2, 0) is 9.53 Å². The summed E-state index contributed by atoms with van der Waals surface area (Å²) in [7, 11) is 0. The summed E-state index contributed by atoms with van der Waals surface area (Å²) in [6.07, 6.45) is 8.51. The maximum atomic E-state index is 11.3. The Labute approximate surface area is 84.7 Å². The molecule has 2 saturated heterocycles. The molecular formula is C11H17NO2. The highest BCUT2D eigenvalue weighted by Crippen LogP contribution is 2.13. The third-order valence-electron chi connectivity index (χ3n) is 2.81. The zero-order valence-corrected chi connectivity index (χ0v) is 8.45. The van der Waals surface area contributed by atoms with Crippen molar-refractivity contribution in [1.29, 1.82) is 0 Å². The molecular weight excluding hydrogens is 178 g/mol. The number of amides is 1. The summed E-state index contributed by atoms with van der Waals surface area (Å²) in [5, 5.41) is 0. The molecule has 3 heteroatoms. The van der Waals surface area contributed by atoms with Gasteiger partial charge in [0.1, 0.15) is 0 Å². The molecule has 0 aromatic carbocycles. The van der Waals surface area contributed by atoms with Crippen LogP contribution < -0.4 is 0 Å². The van der Waals surface area contributed by atoms with E-state index in [0.717, 1.165) is 45.4 Å². The highest BCUT2D eigenvalue weighted by atomic mass is 16.5. The molecule has 2 rings (SSSR count). The van der Waals surface area contributed by atoms with Gasteiger partial charge in [0.05, 0.1) is 6.10 Å². The van der Waals surface area contributed by atoms with Crippen LogP contribution in [0.1, 0.15) is 25.7 Å². The Morgan fingerprint density at radius 1 is 1.50 bits per heavy atom. The summed E-state index contributed by atoms with van der Waals surface area (Å²) < 4.78 is 5.45. The van der Waals surface area contributed by atoms with Gasteiger partial charge in [-0.25, -0.2) is 0 Å². The van der Waals surface area contributed by atoms with Gasteiger partial charge in [0, 0.05) is 26.1 Å². The van der Waals surface area contributed by atoms with Crippen molar-refractivity contribution in [2.24, 2.45) is 0 Å². The predicted octanol–water partition coefficient (Wildman–Crippen LogP) is 1.34. The van der Waals surface area contributed by atoms with Crippen LogP contribution in [-0.4, -0.2) is 36.6 Å². The molecule has 2 fully saturated rings. The van der Waals surface area contributed by atoms with Gasteiger partial charge in [-0.05, 0) is 19.3 Å². The van der Waals surface area contributed by atoms with Crippen molar-refractivity contribution in [2.75, 3.05) is 19.7 Å². The number of carbonyl (C=O) groups is 1.